The van der Waals surface area contributed by atoms with E-state index in [1.165, 1.54) is 0 Å². The van der Waals surface area contributed by atoms with E-state index in [1.54, 1.807) is 24.3 Å². The number of para-hydroxylation sites is 1. The number of sulfonamides is 1. The Hall–Kier alpha value is -1.89. The summed E-state index contributed by atoms with van der Waals surface area (Å²) in [5.41, 5.74) is 2.02. The molecule has 0 spiro atoms. The first-order valence-electron chi connectivity index (χ1n) is 7.48. The molecule has 2 aromatic rings. The van der Waals surface area contributed by atoms with E-state index < -0.39 is 10.0 Å². The van der Waals surface area contributed by atoms with Gasteiger partial charge >= 0.3 is 0 Å². The Morgan fingerprint density at radius 3 is 1.96 bits per heavy atom. The van der Waals surface area contributed by atoms with Gasteiger partial charge in [0.25, 0.3) is 0 Å². The Balaban J connectivity index is 2.26. The lowest BCUT2D eigenvalue weighted by molar-refractivity contribution is 0.402. The highest BCUT2D eigenvalue weighted by Gasteiger charge is 2.12. The second-order valence-corrected chi connectivity index (χ2v) is 7.24. The fraction of sp³-hybridized carbons (Fsp3) is 0.294. The van der Waals surface area contributed by atoms with Crippen molar-refractivity contribution >= 4 is 21.4 Å². The largest absolute Gasteiger partial charge is 0.341 e. The molecule has 23 heavy (non-hydrogen) atoms. The molecule has 0 atom stereocenters. The molecule has 124 valence electrons. The van der Waals surface area contributed by atoms with Crippen molar-refractivity contribution in [3.63, 3.8) is 0 Å². The van der Waals surface area contributed by atoms with Crippen LogP contribution in [0.15, 0.2) is 59.5 Å². The molecule has 0 aliphatic rings. The van der Waals surface area contributed by atoms with Gasteiger partial charge in [-0.15, -0.1) is 0 Å². The number of nitrogens with two attached hydrogens (primary N) is 1. The number of rotatable bonds is 7. The third-order valence-electron chi connectivity index (χ3n) is 3.53. The van der Waals surface area contributed by atoms with Crippen molar-refractivity contribution in [3.05, 3.63) is 54.6 Å². The van der Waals surface area contributed by atoms with Gasteiger partial charge in [0.1, 0.15) is 0 Å². The number of hydrogen-bond donors (Lipinski definition) is 1. The molecule has 0 radical (unpaired) electrons. The summed E-state index contributed by atoms with van der Waals surface area (Å²) in [6.07, 6.45) is 0.999. The zero-order valence-corrected chi connectivity index (χ0v) is 14.3. The van der Waals surface area contributed by atoms with E-state index in [0.29, 0.717) is 0 Å². The molecule has 0 bridgehead atoms. The molecule has 2 N–H and O–H groups in total. The zero-order valence-electron chi connectivity index (χ0n) is 13.5. The van der Waals surface area contributed by atoms with Gasteiger partial charge in [-0.2, -0.15) is 0 Å². The van der Waals surface area contributed by atoms with Gasteiger partial charge in [0.15, 0.2) is 0 Å². The Morgan fingerprint density at radius 1 is 0.870 bits per heavy atom. The molecule has 2 rings (SSSR count). The SMILES string of the molecule is CN(C)CCCN(c1ccccc1)c1ccc(S(N)(=O)=O)cc1. The van der Waals surface area contributed by atoms with Crippen LogP contribution in [0.5, 0.6) is 0 Å². The third-order valence-corrected chi connectivity index (χ3v) is 4.46. The van der Waals surface area contributed by atoms with Crippen LogP contribution in [0.2, 0.25) is 0 Å². The highest BCUT2D eigenvalue weighted by molar-refractivity contribution is 7.89. The Bertz CT molecular complexity index is 713. The second-order valence-electron chi connectivity index (χ2n) is 5.68. The maximum Gasteiger partial charge on any atom is 0.238 e. The van der Waals surface area contributed by atoms with E-state index in [4.69, 9.17) is 5.14 Å². The zero-order chi connectivity index (χ0) is 16.9. The molecule has 0 heterocycles. The summed E-state index contributed by atoms with van der Waals surface area (Å²) >= 11 is 0. The summed E-state index contributed by atoms with van der Waals surface area (Å²) in [5.74, 6) is 0. The normalized spacial score (nSPS) is 11.7. The van der Waals surface area contributed by atoms with Gasteiger partial charge in [-0.3, -0.25) is 0 Å². The molecule has 0 saturated carbocycles. The van der Waals surface area contributed by atoms with Gasteiger partial charge < -0.3 is 9.80 Å². The lowest BCUT2D eigenvalue weighted by atomic mass is 10.2. The quantitative estimate of drug-likeness (QED) is 0.845. The predicted octanol–water partition coefficient (Wildman–Crippen LogP) is 2.42. The Morgan fingerprint density at radius 2 is 1.43 bits per heavy atom. The maximum absolute atomic E-state index is 11.4. The van der Waals surface area contributed by atoms with Crippen LogP contribution in [-0.2, 0) is 10.0 Å². The Labute approximate surface area is 138 Å². The summed E-state index contributed by atoms with van der Waals surface area (Å²) in [6, 6.07) is 16.7. The highest BCUT2D eigenvalue weighted by atomic mass is 32.2. The average Bonchev–Trinajstić information content (AvgIpc) is 2.51. The van der Waals surface area contributed by atoms with E-state index in [1.807, 2.05) is 44.4 Å². The van der Waals surface area contributed by atoms with E-state index in [-0.39, 0.29) is 4.90 Å². The van der Waals surface area contributed by atoms with Crippen LogP contribution in [0.25, 0.3) is 0 Å². The third kappa shape index (κ3) is 5.06. The molecular formula is C17H23N3O2S. The molecule has 0 amide bonds. The first kappa shape index (κ1) is 17.5. The van der Waals surface area contributed by atoms with Crippen LogP contribution in [0.1, 0.15) is 6.42 Å². The molecule has 0 aromatic heterocycles. The summed E-state index contributed by atoms with van der Waals surface area (Å²) < 4.78 is 22.8. The van der Waals surface area contributed by atoms with E-state index >= 15 is 0 Å². The topological polar surface area (TPSA) is 66.6 Å². The monoisotopic (exact) mass is 333 g/mol. The van der Waals surface area contributed by atoms with Crippen LogP contribution < -0.4 is 10.0 Å². The standard InChI is InChI=1S/C17H23N3O2S/c1-19(2)13-6-14-20(15-7-4-3-5-8-15)16-9-11-17(12-10-16)23(18,21)22/h3-5,7-12H,6,13-14H2,1-2H3,(H2,18,21,22). The predicted molar refractivity (Wildman–Crippen MR) is 94.4 cm³/mol. The number of hydrogen-bond acceptors (Lipinski definition) is 4. The van der Waals surface area contributed by atoms with Gasteiger partial charge in [0, 0.05) is 17.9 Å². The number of primary sulfonamides is 1. The lowest BCUT2D eigenvalue weighted by Gasteiger charge is -2.26. The van der Waals surface area contributed by atoms with Gasteiger partial charge in [-0.05, 0) is 63.5 Å². The number of benzene rings is 2. The molecular weight excluding hydrogens is 310 g/mol. The van der Waals surface area contributed by atoms with Crippen molar-refractivity contribution in [2.45, 2.75) is 11.3 Å². The van der Waals surface area contributed by atoms with Gasteiger partial charge in [0.05, 0.1) is 4.90 Å². The van der Waals surface area contributed by atoms with E-state index in [9.17, 15) is 8.42 Å². The first-order valence-corrected chi connectivity index (χ1v) is 9.03. The summed E-state index contributed by atoms with van der Waals surface area (Å²) in [5, 5.41) is 5.16. The highest BCUT2D eigenvalue weighted by Crippen LogP contribution is 2.26. The van der Waals surface area contributed by atoms with Crippen molar-refractivity contribution in [2.24, 2.45) is 5.14 Å². The fourth-order valence-electron chi connectivity index (χ4n) is 2.38. The number of nitrogens with zero attached hydrogens (tertiary/aromatic N) is 2. The van der Waals surface area contributed by atoms with Crippen molar-refractivity contribution < 1.29 is 8.42 Å². The van der Waals surface area contributed by atoms with Crippen LogP contribution in [0.4, 0.5) is 11.4 Å². The van der Waals surface area contributed by atoms with Crippen molar-refractivity contribution in [1.29, 1.82) is 0 Å². The van der Waals surface area contributed by atoms with E-state index in [0.717, 1.165) is 30.9 Å². The molecule has 0 unspecified atom stereocenters. The molecule has 2 aromatic carbocycles. The van der Waals surface area contributed by atoms with Crippen molar-refractivity contribution in [3.8, 4) is 0 Å². The smallest absolute Gasteiger partial charge is 0.238 e. The summed E-state index contributed by atoms with van der Waals surface area (Å²) in [7, 11) is 0.435. The molecule has 5 nitrogen and oxygen atoms in total. The fourth-order valence-corrected chi connectivity index (χ4v) is 2.89. The molecule has 0 aliphatic heterocycles. The minimum atomic E-state index is -3.66. The minimum Gasteiger partial charge on any atom is -0.341 e. The van der Waals surface area contributed by atoms with Crippen molar-refractivity contribution in [2.75, 3.05) is 32.1 Å². The van der Waals surface area contributed by atoms with Gasteiger partial charge in [-0.25, -0.2) is 13.6 Å². The molecule has 0 aliphatic carbocycles. The van der Waals surface area contributed by atoms with Crippen LogP contribution >= 0.6 is 0 Å². The van der Waals surface area contributed by atoms with Gasteiger partial charge in [0.2, 0.25) is 10.0 Å². The number of anilines is 2. The van der Waals surface area contributed by atoms with Crippen LogP contribution in [-0.4, -0.2) is 40.5 Å². The minimum absolute atomic E-state index is 0.127. The summed E-state index contributed by atoms with van der Waals surface area (Å²) in [6.45, 7) is 1.83. The molecule has 0 saturated heterocycles. The summed E-state index contributed by atoms with van der Waals surface area (Å²) in [4.78, 5) is 4.45. The first-order chi connectivity index (χ1) is 10.9. The molecule has 0 fully saturated rings. The molecule has 6 heteroatoms. The second kappa shape index (κ2) is 7.59. The maximum atomic E-state index is 11.4. The Kier molecular flexibility index (Phi) is 5.76. The average molecular weight is 333 g/mol. The van der Waals surface area contributed by atoms with Crippen molar-refractivity contribution in [1.82, 2.24) is 4.90 Å². The lowest BCUT2D eigenvalue weighted by Crippen LogP contribution is -2.23. The van der Waals surface area contributed by atoms with Gasteiger partial charge in [-0.1, -0.05) is 18.2 Å². The van der Waals surface area contributed by atoms with Crippen LogP contribution in [0, 0.1) is 0 Å². The van der Waals surface area contributed by atoms with Crippen LogP contribution in [0.3, 0.4) is 0 Å². The van der Waals surface area contributed by atoms with E-state index in [2.05, 4.69) is 9.80 Å².